The van der Waals surface area contributed by atoms with Crippen LogP contribution in [0.4, 0.5) is 10.1 Å². The standard InChI is InChI=1S/C13H19FN2OS/c1-2-7-17-8-3-6-16-12-5-4-10(13(15)18)9-11(12)14/h4-5,9,16H,2-3,6-8H2,1H3,(H2,15,18). The molecule has 3 N–H and O–H groups in total. The van der Waals surface area contributed by atoms with Gasteiger partial charge in [-0.3, -0.25) is 0 Å². The van der Waals surface area contributed by atoms with Crippen molar-refractivity contribution in [1.29, 1.82) is 0 Å². The Kier molecular flexibility index (Phi) is 6.60. The van der Waals surface area contributed by atoms with Crippen molar-refractivity contribution in [2.24, 2.45) is 5.73 Å². The minimum Gasteiger partial charge on any atom is -0.389 e. The zero-order chi connectivity index (χ0) is 13.4. The fourth-order valence-corrected chi connectivity index (χ4v) is 1.58. The largest absolute Gasteiger partial charge is 0.389 e. The van der Waals surface area contributed by atoms with Gasteiger partial charge in [-0.1, -0.05) is 19.1 Å². The second-order valence-electron chi connectivity index (χ2n) is 3.95. The maximum Gasteiger partial charge on any atom is 0.146 e. The van der Waals surface area contributed by atoms with Gasteiger partial charge in [0, 0.05) is 25.3 Å². The summed E-state index contributed by atoms with van der Waals surface area (Å²) in [5.74, 6) is -0.338. The van der Waals surface area contributed by atoms with Crippen LogP contribution in [0.1, 0.15) is 25.3 Å². The van der Waals surface area contributed by atoms with Crippen LogP contribution < -0.4 is 11.1 Å². The lowest BCUT2D eigenvalue weighted by molar-refractivity contribution is 0.134. The Morgan fingerprint density at radius 2 is 2.22 bits per heavy atom. The Morgan fingerprint density at radius 3 is 2.83 bits per heavy atom. The van der Waals surface area contributed by atoms with E-state index in [1.165, 1.54) is 6.07 Å². The van der Waals surface area contributed by atoms with Crippen LogP contribution in [0.15, 0.2) is 18.2 Å². The third-order valence-corrected chi connectivity index (χ3v) is 2.62. The van der Waals surface area contributed by atoms with Crippen molar-refractivity contribution >= 4 is 22.9 Å². The number of hydrogen-bond acceptors (Lipinski definition) is 3. The van der Waals surface area contributed by atoms with Crippen LogP contribution >= 0.6 is 12.2 Å². The smallest absolute Gasteiger partial charge is 0.146 e. The molecule has 0 aliphatic heterocycles. The molecule has 0 aromatic heterocycles. The molecule has 0 fully saturated rings. The summed E-state index contributed by atoms with van der Waals surface area (Å²) < 4.78 is 19.0. The van der Waals surface area contributed by atoms with Gasteiger partial charge in [0.2, 0.25) is 0 Å². The molecule has 1 aromatic rings. The van der Waals surface area contributed by atoms with Gasteiger partial charge >= 0.3 is 0 Å². The van der Waals surface area contributed by atoms with Gasteiger partial charge in [-0.25, -0.2) is 4.39 Å². The molecule has 0 spiro atoms. The molecule has 3 nitrogen and oxygen atoms in total. The third-order valence-electron chi connectivity index (χ3n) is 2.38. The van der Waals surface area contributed by atoms with Crippen molar-refractivity contribution < 1.29 is 9.13 Å². The lowest BCUT2D eigenvalue weighted by Crippen LogP contribution is -2.11. The van der Waals surface area contributed by atoms with Crippen LogP contribution in [0.5, 0.6) is 0 Å². The van der Waals surface area contributed by atoms with Gasteiger partial charge in [0.1, 0.15) is 10.8 Å². The van der Waals surface area contributed by atoms with E-state index in [4.69, 9.17) is 22.7 Å². The molecule has 5 heteroatoms. The topological polar surface area (TPSA) is 47.3 Å². The van der Waals surface area contributed by atoms with Gasteiger partial charge in [-0.2, -0.15) is 0 Å². The number of halogens is 1. The first-order valence-corrected chi connectivity index (χ1v) is 6.47. The van der Waals surface area contributed by atoms with Crippen LogP contribution in [0.3, 0.4) is 0 Å². The molecular formula is C13H19FN2OS. The van der Waals surface area contributed by atoms with Gasteiger partial charge in [0.15, 0.2) is 0 Å². The molecule has 1 aromatic carbocycles. The van der Waals surface area contributed by atoms with Gasteiger partial charge in [0.25, 0.3) is 0 Å². The normalized spacial score (nSPS) is 10.3. The number of benzene rings is 1. The average Bonchev–Trinajstić information content (AvgIpc) is 2.35. The Labute approximate surface area is 113 Å². The Hall–Kier alpha value is -1.20. The van der Waals surface area contributed by atoms with Crippen LogP contribution in [0.2, 0.25) is 0 Å². The van der Waals surface area contributed by atoms with Crippen LogP contribution in [0.25, 0.3) is 0 Å². The van der Waals surface area contributed by atoms with E-state index in [9.17, 15) is 4.39 Å². The van der Waals surface area contributed by atoms with Crippen molar-refractivity contribution in [1.82, 2.24) is 0 Å². The molecule has 0 aliphatic rings. The molecule has 0 aliphatic carbocycles. The number of anilines is 1. The van der Waals surface area contributed by atoms with Crippen LogP contribution in [-0.2, 0) is 4.74 Å². The SMILES string of the molecule is CCCOCCCNc1ccc(C(N)=S)cc1F. The highest BCUT2D eigenvalue weighted by Gasteiger charge is 2.04. The summed E-state index contributed by atoms with van der Waals surface area (Å²) in [5, 5.41) is 3.02. The zero-order valence-corrected chi connectivity index (χ0v) is 11.4. The highest BCUT2D eigenvalue weighted by molar-refractivity contribution is 7.80. The summed E-state index contributed by atoms with van der Waals surface area (Å²) in [6.07, 6.45) is 1.86. The van der Waals surface area contributed by atoms with E-state index in [2.05, 4.69) is 12.2 Å². The van der Waals surface area contributed by atoms with E-state index in [-0.39, 0.29) is 10.8 Å². The average molecular weight is 270 g/mol. The minimum atomic E-state index is -0.338. The summed E-state index contributed by atoms with van der Waals surface area (Å²) in [5.41, 5.74) is 6.43. The molecule has 0 saturated heterocycles. The molecule has 1 rings (SSSR count). The van der Waals surface area contributed by atoms with E-state index in [0.29, 0.717) is 24.4 Å². The number of nitrogens with two attached hydrogens (primary N) is 1. The molecule has 0 unspecified atom stereocenters. The molecule has 0 bridgehead atoms. The van der Waals surface area contributed by atoms with Gasteiger partial charge in [-0.15, -0.1) is 0 Å². The highest BCUT2D eigenvalue weighted by Crippen LogP contribution is 2.15. The van der Waals surface area contributed by atoms with Crippen molar-refractivity contribution in [3.8, 4) is 0 Å². The second kappa shape index (κ2) is 8.00. The van der Waals surface area contributed by atoms with E-state index in [1.807, 2.05) is 0 Å². The van der Waals surface area contributed by atoms with E-state index in [0.717, 1.165) is 19.4 Å². The number of ether oxygens (including phenoxy) is 1. The van der Waals surface area contributed by atoms with E-state index >= 15 is 0 Å². The number of nitrogens with one attached hydrogen (secondary N) is 1. The molecule has 0 atom stereocenters. The van der Waals surface area contributed by atoms with Crippen molar-refractivity contribution in [3.63, 3.8) is 0 Å². The molecule has 0 saturated carbocycles. The van der Waals surface area contributed by atoms with Crippen molar-refractivity contribution in [2.45, 2.75) is 19.8 Å². The first-order chi connectivity index (χ1) is 8.65. The van der Waals surface area contributed by atoms with E-state index < -0.39 is 0 Å². The van der Waals surface area contributed by atoms with Crippen molar-refractivity contribution in [2.75, 3.05) is 25.1 Å². The first-order valence-electron chi connectivity index (χ1n) is 6.06. The van der Waals surface area contributed by atoms with Crippen LogP contribution in [0, 0.1) is 5.82 Å². The zero-order valence-electron chi connectivity index (χ0n) is 10.5. The number of hydrogen-bond donors (Lipinski definition) is 2. The van der Waals surface area contributed by atoms with E-state index in [1.54, 1.807) is 12.1 Å². The van der Waals surface area contributed by atoms with Gasteiger partial charge in [0.05, 0.1) is 5.69 Å². The summed E-state index contributed by atoms with van der Waals surface area (Å²) in [6, 6.07) is 4.70. The molecule has 100 valence electrons. The van der Waals surface area contributed by atoms with Crippen molar-refractivity contribution in [3.05, 3.63) is 29.6 Å². The van der Waals surface area contributed by atoms with Gasteiger partial charge < -0.3 is 15.8 Å². The molecule has 0 amide bonds. The summed E-state index contributed by atoms with van der Waals surface area (Å²) in [7, 11) is 0. The second-order valence-corrected chi connectivity index (χ2v) is 4.39. The first kappa shape index (κ1) is 14.9. The Balaban J connectivity index is 2.36. The predicted molar refractivity (Wildman–Crippen MR) is 76.5 cm³/mol. The van der Waals surface area contributed by atoms with Gasteiger partial charge in [-0.05, 0) is 31.0 Å². The summed E-state index contributed by atoms with van der Waals surface area (Å²) in [4.78, 5) is 0.202. The number of thiocarbonyl (C=S) groups is 1. The monoisotopic (exact) mass is 270 g/mol. The maximum absolute atomic E-state index is 13.6. The third kappa shape index (κ3) is 4.98. The minimum absolute atomic E-state index is 0.202. The lowest BCUT2D eigenvalue weighted by atomic mass is 10.2. The Bertz CT molecular complexity index is 399. The van der Waals surface area contributed by atoms with Crippen LogP contribution in [-0.4, -0.2) is 24.7 Å². The Morgan fingerprint density at radius 1 is 1.44 bits per heavy atom. The molecular weight excluding hydrogens is 251 g/mol. The number of rotatable bonds is 8. The fourth-order valence-electron chi connectivity index (χ4n) is 1.46. The predicted octanol–water partition coefficient (Wildman–Crippen LogP) is 2.69. The fraction of sp³-hybridized carbons (Fsp3) is 0.462. The quantitative estimate of drug-likeness (QED) is 0.563. The highest BCUT2D eigenvalue weighted by atomic mass is 32.1. The molecule has 0 radical (unpaired) electrons. The maximum atomic E-state index is 13.6. The lowest BCUT2D eigenvalue weighted by Gasteiger charge is -2.09. The summed E-state index contributed by atoms with van der Waals surface area (Å²) in [6.45, 7) is 4.20. The molecule has 18 heavy (non-hydrogen) atoms. The summed E-state index contributed by atoms with van der Waals surface area (Å²) >= 11 is 4.79. The molecule has 0 heterocycles.